The Morgan fingerprint density at radius 3 is 1.44 bits per heavy atom. The maximum Gasteiger partial charge on any atom is 0.160 e. The van der Waals surface area contributed by atoms with E-state index in [2.05, 4.69) is 212 Å². The molecular formula is C60H38N2. The Kier molecular flexibility index (Phi) is 8.53. The molecule has 0 bridgehead atoms. The van der Waals surface area contributed by atoms with Crippen LogP contribution >= 0.6 is 0 Å². The van der Waals surface area contributed by atoms with E-state index in [-0.39, 0.29) is 0 Å². The monoisotopic (exact) mass is 786 g/mol. The van der Waals surface area contributed by atoms with E-state index in [0.29, 0.717) is 5.82 Å². The number of nitrogens with zero attached hydrogens (tertiary/aromatic N) is 2. The summed E-state index contributed by atoms with van der Waals surface area (Å²) in [5.74, 6) is 0.710. The first-order chi connectivity index (χ1) is 30.7. The molecule has 12 rings (SSSR count). The van der Waals surface area contributed by atoms with E-state index in [1.807, 2.05) is 18.2 Å². The zero-order valence-electron chi connectivity index (χ0n) is 33.8. The molecule has 0 fully saturated rings. The minimum atomic E-state index is 0.710. The quantitative estimate of drug-likeness (QED) is 0.124. The topological polar surface area (TPSA) is 25.8 Å². The minimum absolute atomic E-state index is 0.710. The highest BCUT2D eigenvalue weighted by molar-refractivity contribution is 6.20. The van der Waals surface area contributed by atoms with Gasteiger partial charge in [0.25, 0.3) is 0 Å². The van der Waals surface area contributed by atoms with Crippen molar-refractivity contribution < 1.29 is 0 Å². The van der Waals surface area contributed by atoms with E-state index in [0.717, 1.165) is 33.5 Å². The lowest BCUT2D eigenvalue weighted by Gasteiger charge is -2.15. The fourth-order valence-corrected chi connectivity index (χ4v) is 9.47. The molecule has 11 aromatic carbocycles. The summed E-state index contributed by atoms with van der Waals surface area (Å²) in [6.45, 7) is 0. The molecule has 1 aromatic heterocycles. The Morgan fingerprint density at radius 1 is 0.226 bits per heavy atom. The van der Waals surface area contributed by atoms with Gasteiger partial charge in [-0.25, -0.2) is 9.97 Å². The molecule has 0 aliphatic carbocycles. The second kappa shape index (κ2) is 14.8. The van der Waals surface area contributed by atoms with Crippen LogP contribution in [0.5, 0.6) is 0 Å². The first-order valence-electron chi connectivity index (χ1n) is 21.2. The lowest BCUT2D eigenvalue weighted by Crippen LogP contribution is -1.97. The molecule has 62 heavy (non-hydrogen) atoms. The second-order valence-electron chi connectivity index (χ2n) is 16.1. The largest absolute Gasteiger partial charge is 0.228 e. The summed E-state index contributed by atoms with van der Waals surface area (Å²) < 4.78 is 0. The van der Waals surface area contributed by atoms with Crippen molar-refractivity contribution in [2.45, 2.75) is 0 Å². The number of benzene rings is 11. The van der Waals surface area contributed by atoms with E-state index in [1.54, 1.807) is 0 Å². The minimum Gasteiger partial charge on any atom is -0.228 e. The van der Waals surface area contributed by atoms with Crippen molar-refractivity contribution in [3.05, 3.63) is 231 Å². The molecule has 0 atom stereocenters. The van der Waals surface area contributed by atoms with Crippen LogP contribution in [0.1, 0.15) is 0 Å². The van der Waals surface area contributed by atoms with Crippen LogP contribution in [0.4, 0.5) is 0 Å². The normalized spacial score (nSPS) is 11.5. The van der Waals surface area contributed by atoms with Gasteiger partial charge in [-0.15, -0.1) is 0 Å². The number of aromatic nitrogens is 2. The average molecular weight is 787 g/mol. The van der Waals surface area contributed by atoms with E-state index in [9.17, 15) is 0 Å². The first-order valence-corrected chi connectivity index (χ1v) is 21.2. The van der Waals surface area contributed by atoms with Gasteiger partial charge in [-0.1, -0.05) is 218 Å². The molecule has 288 valence electrons. The second-order valence-corrected chi connectivity index (χ2v) is 16.1. The Labute approximate surface area is 360 Å². The predicted octanol–water partition coefficient (Wildman–Crippen LogP) is 16.2. The summed E-state index contributed by atoms with van der Waals surface area (Å²) in [6, 6.07) is 83.0. The fourth-order valence-electron chi connectivity index (χ4n) is 9.47. The van der Waals surface area contributed by atoms with E-state index < -0.39 is 0 Å². The third-order valence-electron chi connectivity index (χ3n) is 12.5. The van der Waals surface area contributed by atoms with Crippen LogP contribution < -0.4 is 0 Å². The van der Waals surface area contributed by atoms with Crippen molar-refractivity contribution in [1.82, 2.24) is 9.97 Å². The number of fused-ring (bicyclic) bond motifs is 6. The van der Waals surface area contributed by atoms with Gasteiger partial charge in [0.2, 0.25) is 0 Å². The molecule has 0 aliphatic rings. The summed E-state index contributed by atoms with van der Waals surface area (Å²) in [5, 5.41) is 12.3. The van der Waals surface area contributed by atoms with E-state index >= 15 is 0 Å². The highest BCUT2D eigenvalue weighted by atomic mass is 14.9. The summed E-state index contributed by atoms with van der Waals surface area (Å²) in [6.07, 6.45) is 0. The van der Waals surface area contributed by atoms with Gasteiger partial charge in [-0.2, -0.15) is 0 Å². The highest BCUT2D eigenvalue weighted by Crippen LogP contribution is 2.41. The fraction of sp³-hybridized carbons (Fsp3) is 0. The maximum absolute atomic E-state index is 5.23. The number of hydrogen-bond acceptors (Lipinski definition) is 2. The summed E-state index contributed by atoms with van der Waals surface area (Å²) in [7, 11) is 0. The molecule has 0 spiro atoms. The third kappa shape index (κ3) is 6.12. The van der Waals surface area contributed by atoms with Crippen LogP contribution in [0.15, 0.2) is 231 Å². The molecular weight excluding hydrogens is 749 g/mol. The van der Waals surface area contributed by atoms with Crippen LogP contribution in [0.2, 0.25) is 0 Å². The molecule has 2 heteroatoms. The molecule has 12 aromatic rings. The van der Waals surface area contributed by atoms with Crippen LogP contribution in [0.3, 0.4) is 0 Å². The molecule has 0 saturated carbocycles. The number of hydrogen-bond donors (Lipinski definition) is 0. The van der Waals surface area contributed by atoms with Gasteiger partial charge in [0.15, 0.2) is 5.82 Å². The lowest BCUT2D eigenvalue weighted by atomic mass is 9.89. The first kappa shape index (κ1) is 35.7. The highest BCUT2D eigenvalue weighted by Gasteiger charge is 2.17. The molecule has 0 unspecified atom stereocenters. The zero-order chi connectivity index (χ0) is 41.0. The predicted molar refractivity (Wildman–Crippen MR) is 262 cm³/mol. The molecule has 0 amide bonds. The molecule has 2 nitrogen and oxygen atoms in total. The summed E-state index contributed by atoms with van der Waals surface area (Å²) in [5.41, 5.74) is 12.2. The van der Waals surface area contributed by atoms with Crippen molar-refractivity contribution in [3.63, 3.8) is 0 Å². The average Bonchev–Trinajstić information content (AvgIpc) is 3.35. The lowest BCUT2D eigenvalue weighted by molar-refractivity contribution is 1.19. The third-order valence-corrected chi connectivity index (χ3v) is 12.5. The summed E-state index contributed by atoms with van der Waals surface area (Å²) >= 11 is 0. The van der Waals surface area contributed by atoms with E-state index in [4.69, 9.17) is 9.97 Å². The van der Waals surface area contributed by atoms with Crippen LogP contribution in [-0.4, -0.2) is 9.97 Å². The van der Waals surface area contributed by atoms with Crippen LogP contribution in [-0.2, 0) is 0 Å². The zero-order valence-corrected chi connectivity index (χ0v) is 33.8. The van der Waals surface area contributed by atoms with Crippen molar-refractivity contribution in [1.29, 1.82) is 0 Å². The van der Waals surface area contributed by atoms with Gasteiger partial charge in [0.05, 0.1) is 11.4 Å². The van der Waals surface area contributed by atoms with Crippen molar-refractivity contribution in [2.24, 2.45) is 0 Å². The molecule has 0 N–H and O–H groups in total. The van der Waals surface area contributed by atoms with Crippen molar-refractivity contribution in [3.8, 4) is 67.3 Å². The van der Waals surface area contributed by atoms with Gasteiger partial charge in [-0.05, 0) is 99.4 Å². The Balaban J connectivity index is 0.914. The van der Waals surface area contributed by atoms with Gasteiger partial charge >= 0.3 is 0 Å². The Hall–Kier alpha value is -8.20. The van der Waals surface area contributed by atoms with Gasteiger partial charge < -0.3 is 0 Å². The van der Waals surface area contributed by atoms with Crippen molar-refractivity contribution >= 4 is 53.9 Å². The molecule has 0 aliphatic heterocycles. The van der Waals surface area contributed by atoms with Gasteiger partial charge in [0, 0.05) is 16.7 Å². The molecule has 0 radical (unpaired) electrons. The van der Waals surface area contributed by atoms with Crippen LogP contribution in [0, 0.1) is 0 Å². The van der Waals surface area contributed by atoms with Gasteiger partial charge in [-0.3, -0.25) is 0 Å². The molecule has 0 saturated heterocycles. The standard InChI is InChI=1S/C60H38N2/c1-2-15-45(16-3-1)60-61-57(53-24-12-18-41-13-4-7-19-47(41)53)38-58(62-60)54-36-35-49(51-22-10-11-23-52(51)54)43-29-25-39(26-30-43)40-27-31-44(32-28-40)59-50-21-9-6-17-46(50)37-56-48-20-8-5-14-42(48)33-34-55(56)59/h1-38H. The maximum atomic E-state index is 5.23. The Bertz CT molecular complexity index is 3660. The van der Waals surface area contributed by atoms with Crippen molar-refractivity contribution in [2.75, 3.05) is 0 Å². The van der Waals surface area contributed by atoms with Crippen LogP contribution in [0.25, 0.3) is 121 Å². The Morgan fingerprint density at radius 2 is 0.726 bits per heavy atom. The number of rotatable bonds is 6. The summed E-state index contributed by atoms with van der Waals surface area (Å²) in [4.78, 5) is 10.4. The van der Waals surface area contributed by atoms with E-state index in [1.165, 1.54) is 81.9 Å². The smallest absolute Gasteiger partial charge is 0.160 e. The molecule has 1 heterocycles. The van der Waals surface area contributed by atoms with Gasteiger partial charge in [0.1, 0.15) is 0 Å². The SMILES string of the molecule is c1ccc(-c2nc(-c3cccc4ccccc34)cc(-c3ccc(-c4ccc(-c5ccc(-c6c7ccccc7cc7c6ccc6ccccc67)cc5)cc4)c4ccccc34)n2)cc1.